The molecule has 0 saturated heterocycles. The molecule has 0 aliphatic heterocycles. The second-order valence-electron chi connectivity index (χ2n) is 5.61. The van der Waals surface area contributed by atoms with Crippen LogP contribution >= 0.6 is 27.3 Å². The zero-order chi connectivity index (χ0) is 19.1. The van der Waals surface area contributed by atoms with Gasteiger partial charge in [-0.05, 0) is 30.0 Å². The van der Waals surface area contributed by atoms with Gasteiger partial charge in [-0.1, -0.05) is 28.1 Å². The van der Waals surface area contributed by atoms with E-state index in [-0.39, 0.29) is 16.5 Å². The zero-order valence-electron chi connectivity index (χ0n) is 13.3. The van der Waals surface area contributed by atoms with Crippen LogP contribution in [0, 0.1) is 10.1 Å². The van der Waals surface area contributed by atoms with E-state index >= 15 is 0 Å². The van der Waals surface area contributed by atoms with Gasteiger partial charge in [-0.15, -0.1) is 11.3 Å². The third-order valence-corrected chi connectivity index (χ3v) is 5.30. The fraction of sp³-hybridized carbons (Fsp3) is 0. The van der Waals surface area contributed by atoms with E-state index in [0.29, 0.717) is 5.69 Å². The molecule has 4 aromatic rings. The summed E-state index contributed by atoms with van der Waals surface area (Å²) in [4.78, 5) is 27.0. The van der Waals surface area contributed by atoms with E-state index in [1.807, 2.05) is 24.3 Å². The van der Waals surface area contributed by atoms with Crippen molar-refractivity contribution in [1.29, 1.82) is 0 Å². The number of hydrogen-bond donors (Lipinski definition) is 0. The van der Waals surface area contributed by atoms with E-state index in [1.165, 1.54) is 17.4 Å². The Bertz CT molecular complexity index is 1250. The Labute approximate surface area is 163 Å². The first-order valence-corrected chi connectivity index (χ1v) is 9.25. The van der Waals surface area contributed by atoms with Crippen LogP contribution in [0.3, 0.4) is 0 Å². The predicted molar refractivity (Wildman–Crippen MR) is 103 cm³/mol. The summed E-state index contributed by atoms with van der Waals surface area (Å²) in [5.74, 6) is -0.811. The number of benzene rings is 2. The minimum absolute atomic E-state index is 0.00251. The number of nitro benzene ring substituents is 1. The lowest BCUT2D eigenvalue weighted by atomic mass is 10.1. The Morgan fingerprint density at radius 2 is 1.89 bits per heavy atom. The minimum Gasteiger partial charge on any atom is -0.868 e. The molecule has 0 spiro atoms. The smallest absolute Gasteiger partial charge is 0.345 e. The summed E-state index contributed by atoms with van der Waals surface area (Å²) in [6.07, 6.45) is 0. The van der Waals surface area contributed by atoms with Crippen LogP contribution in [-0.2, 0) is 0 Å². The molecule has 2 aromatic carbocycles. The molecule has 2 heterocycles. The minimum atomic E-state index is -0.811. The molecule has 0 radical (unpaired) electrons. The molecule has 0 bridgehead atoms. The van der Waals surface area contributed by atoms with Crippen molar-refractivity contribution >= 4 is 43.9 Å². The molecule has 0 aliphatic carbocycles. The number of nitrogens with zero attached hydrogens (tertiary/aromatic N) is 2. The Balaban J connectivity index is 1.83. The number of halogens is 1. The van der Waals surface area contributed by atoms with E-state index in [2.05, 4.69) is 20.9 Å². The fourth-order valence-corrected chi connectivity index (χ4v) is 3.67. The molecule has 0 atom stereocenters. The highest BCUT2D eigenvalue weighted by Gasteiger charge is 2.15. The van der Waals surface area contributed by atoms with Crippen LogP contribution < -0.4 is 10.7 Å². The van der Waals surface area contributed by atoms with Crippen LogP contribution in [0.4, 0.5) is 5.69 Å². The summed E-state index contributed by atoms with van der Waals surface area (Å²) in [5, 5.41) is 25.4. The van der Waals surface area contributed by atoms with Crippen molar-refractivity contribution in [2.75, 3.05) is 0 Å². The van der Waals surface area contributed by atoms with Crippen molar-refractivity contribution in [1.82, 2.24) is 4.98 Å². The molecule has 27 heavy (non-hydrogen) atoms. The van der Waals surface area contributed by atoms with E-state index in [0.717, 1.165) is 27.2 Å². The summed E-state index contributed by atoms with van der Waals surface area (Å²) in [7, 11) is 0. The molecule has 2 aromatic heterocycles. The summed E-state index contributed by atoms with van der Waals surface area (Å²) in [6, 6.07) is 11.1. The normalized spacial score (nSPS) is 11.0. The summed E-state index contributed by atoms with van der Waals surface area (Å²) >= 11 is 4.74. The number of thiazole rings is 1. The number of aromatic nitrogens is 1. The van der Waals surface area contributed by atoms with E-state index in [4.69, 9.17) is 4.42 Å². The van der Waals surface area contributed by atoms with Crippen LogP contribution in [0.2, 0.25) is 0 Å². The van der Waals surface area contributed by atoms with Gasteiger partial charge in [-0.2, -0.15) is 0 Å². The highest BCUT2D eigenvalue weighted by Crippen LogP contribution is 2.32. The van der Waals surface area contributed by atoms with Crippen molar-refractivity contribution in [2.24, 2.45) is 0 Å². The van der Waals surface area contributed by atoms with Gasteiger partial charge in [-0.3, -0.25) is 10.1 Å². The molecule has 0 unspecified atom stereocenters. The first-order chi connectivity index (χ1) is 12.9. The topological polar surface area (TPSA) is 109 Å². The van der Waals surface area contributed by atoms with Crippen LogP contribution in [0.5, 0.6) is 5.75 Å². The van der Waals surface area contributed by atoms with Crippen molar-refractivity contribution in [2.45, 2.75) is 0 Å². The number of rotatable bonds is 3. The van der Waals surface area contributed by atoms with Gasteiger partial charge >= 0.3 is 5.63 Å². The number of fused-ring (bicyclic) bond motifs is 1. The molecule has 0 fully saturated rings. The maximum Gasteiger partial charge on any atom is 0.345 e. The Morgan fingerprint density at radius 1 is 1.15 bits per heavy atom. The first kappa shape index (κ1) is 17.4. The Hall–Kier alpha value is -3.04. The van der Waals surface area contributed by atoms with Gasteiger partial charge in [0.1, 0.15) is 10.6 Å². The Morgan fingerprint density at radius 3 is 2.59 bits per heavy atom. The molecule has 0 amide bonds. The van der Waals surface area contributed by atoms with Crippen molar-refractivity contribution < 1.29 is 14.4 Å². The van der Waals surface area contributed by atoms with Crippen molar-refractivity contribution in [3.05, 3.63) is 72.9 Å². The standard InChI is InChI=1S/C18H9BrN2O5S/c19-11-3-1-9(2-4-11)17-20-13(8-27-17)12-5-10-6-14(21(24)25)15(22)7-16(10)26-18(12)23/h1-8,22H/p-1. The lowest BCUT2D eigenvalue weighted by Gasteiger charge is -2.07. The molecular formula is C18H8BrN2O5S-. The summed E-state index contributed by atoms with van der Waals surface area (Å²) in [5.41, 5.74) is 0.242. The summed E-state index contributed by atoms with van der Waals surface area (Å²) < 4.78 is 6.12. The van der Waals surface area contributed by atoms with Crippen molar-refractivity contribution in [3.8, 4) is 27.6 Å². The molecular weight excluding hydrogens is 436 g/mol. The third-order valence-electron chi connectivity index (χ3n) is 3.88. The monoisotopic (exact) mass is 443 g/mol. The van der Waals surface area contributed by atoms with Crippen LogP contribution in [0.1, 0.15) is 0 Å². The van der Waals surface area contributed by atoms with Gasteiger partial charge in [0, 0.05) is 26.9 Å². The largest absolute Gasteiger partial charge is 0.868 e. The SMILES string of the molecule is O=c1oc2cc([O-])c([N+](=O)[O-])cc2cc1-c1csc(-c2ccc(Br)cc2)n1. The van der Waals surface area contributed by atoms with E-state index in [9.17, 15) is 20.0 Å². The molecule has 4 rings (SSSR count). The predicted octanol–water partition coefficient (Wildman–Crippen LogP) is 4.33. The average molecular weight is 444 g/mol. The highest BCUT2D eigenvalue weighted by atomic mass is 79.9. The summed E-state index contributed by atoms with van der Waals surface area (Å²) in [6.45, 7) is 0. The molecule has 0 aliphatic rings. The second-order valence-corrected chi connectivity index (χ2v) is 7.38. The highest BCUT2D eigenvalue weighted by molar-refractivity contribution is 9.10. The quantitative estimate of drug-likeness (QED) is 0.264. The third kappa shape index (κ3) is 3.22. The molecule has 134 valence electrons. The first-order valence-electron chi connectivity index (χ1n) is 7.57. The number of nitro groups is 1. The lowest BCUT2D eigenvalue weighted by molar-refractivity contribution is -0.398. The second kappa shape index (κ2) is 6.60. The van der Waals surface area contributed by atoms with Gasteiger partial charge in [0.05, 0.1) is 16.2 Å². The zero-order valence-corrected chi connectivity index (χ0v) is 15.7. The van der Waals surface area contributed by atoms with Crippen LogP contribution in [-0.4, -0.2) is 9.91 Å². The van der Waals surface area contributed by atoms with Crippen LogP contribution in [0.15, 0.2) is 61.5 Å². The maximum absolute atomic E-state index is 12.3. The molecule has 0 N–H and O–H groups in total. The Kier molecular flexibility index (Phi) is 4.25. The van der Waals surface area contributed by atoms with Gasteiger partial charge in [0.25, 0.3) is 5.69 Å². The van der Waals surface area contributed by atoms with Crippen LogP contribution in [0.25, 0.3) is 32.8 Å². The van der Waals surface area contributed by atoms with Gasteiger partial charge in [-0.25, -0.2) is 9.78 Å². The molecule has 7 nitrogen and oxygen atoms in total. The van der Waals surface area contributed by atoms with E-state index in [1.54, 1.807) is 5.38 Å². The molecule has 9 heteroatoms. The average Bonchev–Trinajstić information content (AvgIpc) is 3.11. The van der Waals surface area contributed by atoms with Gasteiger partial charge in [0.2, 0.25) is 0 Å². The fourth-order valence-electron chi connectivity index (χ4n) is 2.58. The maximum atomic E-state index is 12.3. The lowest BCUT2D eigenvalue weighted by Crippen LogP contribution is -2.04. The van der Waals surface area contributed by atoms with Crippen molar-refractivity contribution in [3.63, 3.8) is 0 Å². The van der Waals surface area contributed by atoms with E-state index < -0.39 is 22.0 Å². The number of hydrogen-bond acceptors (Lipinski definition) is 7. The molecule has 0 saturated carbocycles. The van der Waals surface area contributed by atoms with Gasteiger partial charge < -0.3 is 9.52 Å². The van der Waals surface area contributed by atoms with Gasteiger partial charge in [0.15, 0.2) is 0 Å².